The van der Waals surface area contributed by atoms with Crippen LogP contribution in [0.1, 0.15) is 52.6 Å². The van der Waals surface area contributed by atoms with Crippen LogP contribution in [0, 0.1) is 13.8 Å². The first-order chi connectivity index (χ1) is 10.8. The van der Waals surface area contributed by atoms with Crippen molar-refractivity contribution in [2.24, 2.45) is 0 Å². The summed E-state index contributed by atoms with van der Waals surface area (Å²) in [5.74, 6) is -0.654. The number of esters is 1. The number of nitrogens with zero attached hydrogens (tertiary/aromatic N) is 1. The molecule has 0 fully saturated rings. The molecule has 0 aliphatic rings. The van der Waals surface area contributed by atoms with Crippen molar-refractivity contribution in [2.45, 2.75) is 41.2 Å². The number of aromatic nitrogens is 1. The second-order valence-electron chi connectivity index (χ2n) is 5.52. The van der Waals surface area contributed by atoms with Crippen LogP contribution < -0.4 is 5.43 Å². The normalized spacial score (nSPS) is 10.8. The third-order valence-corrected chi connectivity index (χ3v) is 3.99. The number of hydrogen-bond acceptors (Lipinski definition) is 4. The van der Waals surface area contributed by atoms with E-state index in [1.165, 1.54) is 13.1 Å². The van der Waals surface area contributed by atoms with Crippen molar-refractivity contribution in [1.29, 1.82) is 0 Å². The molecule has 5 nitrogen and oxygen atoms in total. The van der Waals surface area contributed by atoms with Gasteiger partial charge in [0.1, 0.15) is 5.56 Å². The molecule has 0 amide bonds. The van der Waals surface area contributed by atoms with Crippen LogP contribution in [0.3, 0.4) is 0 Å². The number of pyridine rings is 1. The molecule has 0 aliphatic heterocycles. The van der Waals surface area contributed by atoms with E-state index in [0.29, 0.717) is 23.0 Å². The lowest BCUT2D eigenvalue weighted by atomic mass is 9.95. The Bertz CT molecular complexity index is 862. The molecule has 0 saturated heterocycles. The molecule has 0 N–H and O–H groups in total. The summed E-state index contributed by atoms with van der Waals surface area (Å²) in [6, 6.07) is 1.69. The maximum Gasteiger partial charge on any atom is 0.343 e. The number of fused-ring (bicyclic) bond motifs is 1. The van der Waals surface area contributed by atoms with Crippen LogP contribution in [-0.4, -0.2) is 22.9 Å². The van der Waals surface area contributed by atoms with Gasteiger partial charge in [0.15, 0.2) is 5.78 Å². The van der Waals surface area contributed by atoms with Crippen LogP contribution in [0.4, 0.5) is 0 Å². The Labute approximate surface area is 134 Å². The van der Waals surface area contributed by atoms with Crippen LogP contribution in [0.15, 0.2) is 17.1 Å². The lowest BCUT2D eigenvalue weighted by Crippen LogP contribution is -2.22. The van der Waals surface area contributed by atoms with Crippen molar-refractivity contribution >= 4 is 22.7 Å². The van der Waals surface area contributed by atoms with E-state index in [9.17, 15) is 14.4 Å². The predicted octanol–water partition coefficient (Wildman–Crippen LogP) is 3.02. The van der Waals surface area contributed by atoms with Gasteiger partial charge >= 0.3 is 5.97 Å². The van der Waals surface area contributed by atoms with Crippen LogP contribution >= 0.6 is 0 Å². The van der Waals surface area contributed by atoms with Gasteiger partial charge in [-0.3, -0.25) is 9.59 Å². The molecule has 1 aromatic heterocycles. The molecular weight excluding hydrogens is 294 g/mol. The van der Waals surface area contributed by atoms with Crippen molar-refractivity contribution in [2.75, 3.05) is 6.61 Å². The highest BCUT2D eigenvalue weighted by molar-refractivity contribution is 6.03. The summed E-state index contributed by atoms with van der Waals surface area (Å²) in [6.45, 7) is 9.56. The highest BCUT2D eigenvalue weighted by atomic mass is 16.5. The highest BCUT2D eigenvalue weighted by Crippen LogP contribution is 2.24. The largest absolute Gasteiger partial charge is 0.462 e. The molecule has 5 heteroatoms. The minimum atomic E-state index is -0.618. The highest BCUT2D eigenvalue weighted by Gasteiger charge is 2.20. The maximum atomic E-state index is 12.7. The Morgan fingerprint density at radius 3 is 2.39 bits per heavy atom. The SMILES string of the molecule is CCOC(=O)c1cn(CC)c2c(C)c(C(C)=O)c(C)cc2c1=O. The number of carbonyl (C=O) groups excluding carboxylic acids is 2. The van der Waals surface area contributed by atoms with E-state index in [0.717, 1.165) is 11.1 Å². The summed E-state index contributed by atoms with van der Waals surface area (Å²) in [5.41, 5.74) is 2.49. The molecular formula is C18H21NO4. The summed E-state index contributed by atoms with van der Waals surface area (Å²) in [5, 5.41) is 0.442. The van der Waals surface area contributed by atoms with E-state index in [4.69, 9.17) is 4.74 Å². The molecule has 2 rings (SSSR count). The number of ether oxygens (including phenoxy) is 1. The Morgan fingerprint density at radius 2 is 1.87 bits per heavy atom. The average Bonchev–Trinajstić information content (AvgIpc) is 2.48. The predicted molar refractivity (Wildman–Crippen MR) is 89.3 cm³/mol. The lowest BCUT2D eigenvalue weighted by Gasteiger charge is -2.17. The standard InChI is InChI=1S/C18H21NO4/c1-6-19-9-14(18(22)23-7-2)17(21)13-8-10(3)15(12(5)20)11(4)16(13)19/h8-9H,6-7H2,1-5H3. The summed E-state index contributed by atoms with van der Waals surface area (Å²) < 4.78 is 6.80. The second-order valence-corrected chi connectivity index (χ2v) is 5.52. The Kier molecular flexibility index (Phi) is 4.68. The molecule has 0 aliphatic carbocycles. The maximum absolute atomic E-state index is 12.7. The van der Waals surface area contributed by atoms with Crippen molar-refractivity contribution in [3.8, 4) is 0 Å². The van der Waals surface area contributed by atoms with Crippen molar-refractivity contribution in [3.05, 3.63) is 44.7 Å². The fourth-order valence-electron chi connectivity index (χ4n) is 3.09. The number of benzene rings is 1. The Morgan fingerprint density at radius 1 is 1.22 bits per heavy atom. The molecule has 0 spiro atoms. The monoisotopic (exact) mass is 315 g/mol. The number of carbonyl (C=O) groups is 2. The second kappa shape index (κ2) is 6.36. The molecule has 2 aromatic rings. The first-order valence-electron chi connectivity index (χ1n) is 7.68. The van der Waals surface area contributed by atoms with Crippen LogP contribution in [-0.2, 0) is 11.3 Å². The van der Waals surface area contributed by atoms with E-state index in [1.54, 1.807) is 19.9 Å². The van der Waals surface area contributed by atoms with Gasteiger partial charge in [-0.05, 0) is 51.8 Å². The molecule has 0 radical (unpaired) electrons. The zero-order valence-corrected chi connectivity index (χ0v) is 14.1. The van der Waals surface area contributed by atoms with Crippen LogP contribution in [0.5, 0.6) is 0 Å². The van der Waals surface area contributed by atoms with E-state index in [2.05, 4.69) is 0 Å². The number of Topliss-reactive ketones (excluding diaryl/α,β-unsaturated/α-hetero) is 1. The minimum Gasteiger partial charge on any atom is -0.462 e. The van der Waals surface area contributed by atoms with Gasteiger partial charge in [0.05, 0.1) is 12.1 Å². The fourth-order valence-corrected chi connectivity index (χ4v) is 3.09. The summed E-state index contributed by atoms with van der Waals surface area (Å²) in [4.78, 5) is 36.6. The smallest absolute Gasteiger partial charge is 0.343 e. The van der Waals surface area contributed by atoms with Crippen LogP contribution in [0.2, 0.25) is 0 Å². The molecule has 0 saturated carbocycles. The van der Waals surface area contributed by atoms with E-state index in [1.807, 2.05) is 18.4 Å². The van der Waals surface area contributed by atoms with E-state index >= 15 is 0 Å². The van der Waals surface area contributed by atoms with Gasteiger partial charge in [-0.1, -0.05) is 0 Å². The van der Waals surface area contributed by atoms with Crippen molar-refractivity contribution < 1.29 is 14.3 Å². The molecule has 0 unspecified atom stereocenters. The number of rotatable bonds is 4. The fraction of sp³-hybridized carbons (Fsp3) is 0.389. The summed E-state index contributed by atoms with van der Waals surface area (Å²) >= 11 is 0. The number of aryl methyl sites for hydroxylation is 3. The number of hydrogen-bond donors (Lipinski definition) is 0. The van der Waals surface area contributed by atoms with Gasteiger partial charge in [-0.25, -0.2) is 4.79 Å². The minimum absolute atomic E-state index is 0.0237. The first kappa shape index (κ1) is 16.9. The zero-order chi connectivity index (χ0) is 17.3. The van der Waals surface area contributed by atoms with Gasteiger partial charge in [-0.2, -0.15) is 0 Å². The molecule has 0 bridgehead atoms. The topological polar surface area (TPSA) is 65.4 Å². The quantitative estimate of drug-likeness (QED) is 0.642. The molecule has 23 heavy (non-hydrogen) atoms. The summed E-state index contributed by atoms with van der Waals surface area (Å²) in [7, 11) is 0. The molecule has 0 atom stereocenters. The van der Waals surface area contributed by atoms with Crippen LogP contribution in [0.25, 0.3) is 10.9 Å². The molecule has 1 aromatic carbocycles. The van der Waals surface area contributed by atoms with Gasteiger partial charge in [0.2, 0.25) is 5.43 Å². The summed E-state index contributed by atoms with van der Waals surface area (Å²) in [6.07, 6.45) is 1.52. The third-order valence-electron chi connectivity index (χ3n) is 3.99. The Hall–Kier alpha value is -2.43. The van der Waals surface area contributed by atoms with Crippen molar-refractivity contribution in [1.82, 2.24) is 4.57 Å². The van der Waals surface area contributed by atoms with Gasteiger partial charge in [0.25, 0.3) is 0 Å². The zero-order valence-electron chi connectivity index (χ0n) is 14.1. The average molecular weight is 315 g/mol. The van der Waals surface area contributed by atoms with E-state index < -0.39 is 5.97 Å². The third kappa shape index (κ3) is 2.79. The van der Waals surface area contributed by atoms with Gasteiger partial charge in [0, 0.05) is 23.7 Å². The van der Waals surface area contributed by atoms with E-state index in [-0.39, 0.29) is 23.4 Å². The number of ketones is 1. The Balaban J connectivity index is 2.95. The molecule has 122 valence electrons. The first-order valence-corrected chi connectivity index (χ1v) is 7.68. The molecule has 1 heterocycles. The van der Waals surface area contributed by atoms with Crippen molar-refractivity contribution in [3.63, 3.8) is 0 Å². The van der Waals surface area contributed by atoms with Gasteiger partial charge < -0.3 is 9.30 Å². The lowest BCUT2D eigenvalue weighted by molar-refractivity contribution is 0.0524. The van der Waals surface area contributed by atoms with Gasteiger partial charge in [-0.15, -0.1) is 0 Å².